The number of rotatable bonds is 6. The number of aliphatic hydroxyl groups excluding tert-OH is 3. The van der Waals surface area contributed by atoms with Crippen LogP contribution in [-0.4, -0.2) is 92.6 Å². The Morgan fingerprint density at radius 3 is 2.24 bits per heavy atom. The molecule has 0 spiro atoms. The molecular weight excluding hydrogens is 582 g/mol. The van der Waals surface area contributed by atoms with Crippen molar-refractivity contribution in [2.24, 2.45) is 34.0 Å². The van der Waals surface area contributed by atoms with E-state index < -0.39 is 87.6 Å². The van der Waals surface area contributed by atoms with Gasteiger partial charge in [0.2, 0.25) is 0 Å². The number of ketones is 1. The summed E-state index contributed by atoms with van der Waals surface area (Å²) in [5.41, 5.74) is -4.76. The number of Topliss-reactive ketones (excluding diaryl/α,β-unsaturated/α-hetero) is 1. The summed E-state index contributed by atoms with van der Waals surface area (Å²) in [6.07, 6.45) is -6.22. The SMILES string of the molecule is CC1=C2[C@@H](O)C(=O)[C@@]3(C)[C@H]([C@H](C)[C@](O)(C[C@@H]1OC(=O)[C@H](O)[C@H](CC(C)C)NC(=O)OC(C)(C)C)C2(C)C)[C@]1(C)CO[C@@H]1C[C@@H]3O. The third-order valence-corrected chi connectivity index (χ3v) is 11.6. The van der Waals surface area contributed by atoms with E-state index in [9.17, 15) is 34.8 Å². The van der Waals surface area contributed by atoms with Gasteiger partial charge in [-0.15, -0.1) is 0 Å². The van der Waals surface area contributed by atoms with Crippen LogP contribution in [0.5, 0.6) is 0 Å². The summed E-state index contributed by atoms with van der Waals surface area (Å²) in [4.78, 5) is 40.4. The molecule has 0 aromatic rings. The van der Waals surface area contributed by atoms with Crippen LogP contribution in [0.25, 0.3) is 0 Å². The molecule has 3 aliphatic carbocycles. The topological polar surface area (TPSA) is 172 Å². The molecular formula is C34H55NO10. The summed E-state index contributed by atoms with van der Waals surface area (Å²) >= 11 is 0. The van der Waals surface area contributed by atoms with Gasteiger partial charge >= 0.3 is 12.1 Å². The standard InChI is InChI=1S/C34H55NO10/c1-16(2)12-19(35-29(41)45-30(5,6)7)24(37)28(40)44-20-14-34(42)18(4)26-32(10)15-43-22(32)13-21(36)33(26,11)27(39)25(38)23(17(20)3)31(34,8)9/h16,18-22,24-26,36-38,42H,12-15H2,1-11H3,(H,35,41)/t18-,19-,20-,21-,22+,24+,25+,26+,32+,33+,34+/m0/s1. The van der Waals surface area contributed by atoms with E-state index in [1.807, 2.05) is 27.7 Å². The minimum atomic E-state index is -1.75. The Morgan fingerprint density at radius 1 is 1.13 bits per heavy atom. The van der Waals surface area contributed by atoms with Gasteiger partial charge in [-0.25, -0.2) is 9.59 Å². The van der Waals surface area contributed by atoms with Crippen LogP contribution in [0.4, 0.5) is 4.79 Å². The molecule has 11 atom stereocenters. The zero-order valence-electron chi connectivity index (χ0n) is 28.8. The number of carbonyl (C=O) groups is 3. The van der Waals surface area contributed by atoms with Crippen molar-refractivity contribution < 1.29 is 49.0 Å². The molecule has 1 aliphatic heterocycles. The Labute approximate surface area is 267 Å². The maximum Gasteiger partial charge on any atom is 0.407 e. The molecule has 5 N–H and O–H groups in total. The van der Waals surface area contributed by atoms with Gasteiger partial charge < -0.3 is 40.0 Å². The number of esters is 1. The van der Waals surface area contributed by atoms with Crippen LogP contribution in [0.1, 0.15) is 95.4 Å². The first-order valence-corrected chi connectivity index (χ1v) is 16.3. The Hall–Kier alpha value is -2.05. The Morgan fingerprint density at radius 2 is 1.73 bits per heavy atom. The number of nitrogens with one attached hydrogen (secondary N) is 1. The van der Waals surface area contributed by atoms with E-state index in [-0.39, 0.29) is 36.9 Å². The molecule has 0 radical (unpaired) electrons. The lowest BCUT2D eigenvalue weighted by Crippen LogP contribution is -2.75. The molecule has 2 saturated carbocycles. The second-order valence-electron chi connectivity index (χ2n) is 16.5. The lowest BCUT2D eigenvalue weighted by molar-refractivity contribution is -0.302. The van der Waals surface area contributed by atoms with E-state index in [1.54, 1.807) is 48.5 Å². The average Bonchev–Trinajstić information content (AvgIpc) is 2.89. The summed E-state index contributed by atoms with van der Waals surface area (Å²) in [6, 6.07) is -1.01. The number of hydrogen-bond donors (Lipinski definition) is 5. The summed E-state index contributed by atoms with van der Waals surface area (Å²) in [5.74, 6) is -2.70. The Kier molecular flexibility index (Phi) is 9.21. The monoisotopic (exact) mass is 637 g/mol. The van der Waals surface area contributed by atoms with E-state index in [2.05, 4.69) is 5.32 Å². The third-order valence-electron chi connectivity index (χ3n) is 11.6. The average molecular weight is 638 g/mol. The van der Waals surface area contributed by atoms with Gasteiger partial charge in [0, 0.05) is 23.7 Å². The van der Waals surface area contributed by atoms with E-state index in [4.69, 9.17) is 14.2 Å². The van der Waals surface area contributed by atoms with Crippen molar-refractivity contribution in [3.63, 3.8) is 0 Å². The number of fused-ring (bicyclic) bond motifs is 5. The highest BCUT2D eigenvalue weighted by Gasteiger charge is 2.72. The van der Waals surface area contributed by atoms with Crippen LogP contribution >= 0.6 is 0 Å². The predicted molar refractivity (Wildman–Crippen MR) is 165 cm³/mol. The van der Waals surface area contributed by atoms with Crippen LogP contribution in [0.15, 0.2) is 11.1 Å². The first-order valence-electron chi connectivity index (χ1n) is 16.3. The summed E-state index contributed by atoms with van der Waals surface area (Å²) < 4.78 is 17.1. The Balaban J connectivity index is 1.73. The lowest BCUT2D eigenvalue weighted by Gasteiger charge is -2.68. The fourth-order valence-corrected chi connectivity index (χ4v) is 9.18. The summed E-state index contributed by atoms with van der Waals surface area (Å²) in [5, 5.41) is 49.7. The van der Waals surface area contributed by atoms with Crippen LogP contribution in [0.2, 0.25) is 0 Å². The summed E-state index contributed by atoms with van der Waals surface area (Å²) in [6.45, 7) is 20.0. The lowest BCUT2D eigenvalue weighted by atomic mass is 9.40. The quantitative estimate of drug-likeness (QED) is 0.215. The van der Waals surface area contributed by atoms with Gasteiger partial charge in [-0.3, -0.25) is 4.79 Å². The number of ether oxygens (including phenoxy) is 3. The Bertz CT molecular complexity index is 1240. The number of alkyl carbamates (subject to hydrolysis) is 1. The van der Waals surface area contributed by atoms with Gasteiger partial charge in [-0.1, -0.05) is 41.5 Å². The van der Waals surface area contributed by atoms with Gasteiger partial charge in [-0.2, -0.15) is 0 Å². The van der Waals surface area contributed by atoms with Crippen LogP contribution in [-0.2, 0) is 23.8 Å². The van der Waals surface area contributed by atoms with E-state index >= 15 is 0 Å². The van der Waals surface area contributed by atoms with Crippen LogP contribution in [0, 0.1) is 34.0 Å². The largest absolute Gasteiger partial charge is 0.456 e. The van der Waals surface area contributed by atoms with Gasteiger partial charge in [0.1, 0.15) is 17.8 Å². The minimum Gasteiger partial charge on any atom is -0.456 e. The molecule has 4 rings (SSSR count). The van der Waals surface area contributed by atoms with Crippen molar-refractivity contribution in [3.8, 4) is 0 Å². The fraction of sp³-hybridized carbons (Fsp3) is 0.853. The van der Waals surface area contributed by atoms with E-state index in [0.29, 0.717) is 12.2 Å². The molecule has 0 aromatic carbocycles. The highest BCUT2D eigenvalue weighted by Crippen LogP contribution is 2.66. The van der Waals surface area contributed by atoms with Gasteiger partial charge in [0.15, 0.2) is 11.9 Å². The molecule has 11 heteroatoms. The molecule has 1 saturated heterocycles. The molecule has 2 bridgehead atoms. The van der Waals surface area contributed by atoms with E-state index in [0.717, 1.165) is 0 Å². The van der Waals surface area contributed by atoms with Crippen molar-refractivity contribution in [1.29, 1.82) is 0 Å². The van der Waals surface area contributed by atoms with Crippen molar-refractivity contribution in [3.05, 3.63) is 11.1 Å². The van der Waals surface area contributed by atoms with Crippen molar-refractivity contribution in [1.82, 2.24) is 5.32 Å². The molecule has 45 heavy (non-hydrogen) atoms. The number of carbonyl (C=O) groups excluding carboxylic acids is 3. The van der Waals surface area contributed by atoms with Crippen molar-refractivity contribution in [2.45, 2.75) is 143 Å². The zero-order chi connectivity index (χ0) is 34.2. The third kappa shape index (κ3) is 5.64. The molecule has 256 valence electrons. The van der Waals surface area contributed by atoms with Crippen molar-refractivity contribution >= 4 is 17.8 Å². The van der Waals surface area contributed by atoms with Crippen LogP contribution in [0.3, 0.4) is 0 Å². The maximum atomic E-state index is 14.3. The van der Waals surface area contributed by atoms with Gasteiger partial charge in [0.25, 0.3) is 0 Å². The van der Waals surface area contributed by atoms with Gasteiger partial charge in [0.05, 0.1) is 35.9 Å². The molecule has 0 unspecified atom stereocenters. The second kappa shape index (κ2) is 11.6. The minimum absolute atomic E-state index is 0.00175. The molecule has 4 aliphatic rings. The predicted octanol–water partition coefficient (Wildman–Crippen LogP) is 3.05. The fourth-order valence-electron chi connectivity index (χ4n) is 9.18. The molecule has 0 aromatic heterocycles. The number of hydrogen-bond acceptors (Lipinski definition) is 10. The number of aliphatic hydroxyl groups is 4. The first-order chi connectivity index (χ1) is 20.4. The zero-order valence-corrected chi connectivity index (χ0v) is 28.8. The molecule has 1 heterocycles. The number of amides is 1. The normalized spacial score (nSPS) is 40.7. The highest BCUT2D eigenvalue weighted by atomic mass is 16.6. The van der Waals surface area contributed by atoms with E-state index in [1.165, 1.54) is 0 Å². The molecule has 3 fully saturated rings. The highest BCUT2D eigenvalue weighted by molar-refractivity contribution is 5.93. The molecule has 1 amide bonds. The maximum absolute atomic E-state index is 14.3. The van der Waals surface area contributed by atoms with Crippen LogP contribution < -0.4 is 5.32 Å². The second-order valence-corrected chi connectivity index (χ2v) is 16.5. The van der Waals surface area contributed by atoms with Crippen molar-refractivity contribution in [2.75, 3.05) is 6.61 Å². The summed E-state index contributed by atoms with van der Waals surface area (Å²) in [7, 11) is 0. The van der Waals surface area contributed by atoms with Gasteiger partial charge in [-0.05, 0) is 69.9 Å². The first kappa shape index (κ1) is 35.8. The smallest absolute Gasteiger partial charge is 0.407 e. The molecule has 11 nitrogen and oxygen atoms in total.